The maximum absolute atomic E-state index is 11.7. The predicted octanol–water partition coefficient (Wildman–Crippen LogP) is 2.96. The lowest BCUT2D eigenvalue weighted by Gasteiger charge is -1.92. The Morgan fingerprint density at radius 3 is 3.06 bits per heavy atom. The average Bonchev–Trinajstić information content (AvgIpc) is 2.59. The standard InChI is InChI=1S/C9H10F2N2OS2/c1-13(14)5-7-6-16-9(12-7)15-4-2-3-8(10)11/h3,5-6H,2,4H2,1H3/b13-5-. The Balaban J connectivity index is 2.41. The van der Waals surface area contributed by atoms with Gasteiger partial charge in [-0.15, -0.1) is 11.3 Å². The van der Waals surface area contributed by atoms with E-state index in [0.29, 0.717) is 22.6 Å². The molecule has 7 heteroatoms. The summed E-state index contributed by atoms with van der Waals surface area (Å²) in [4.78, 5) is 4.14. The quantitative estimate of drug-likeness (QED) is 0.205. The van der Waals surface area contributed by atoms with E-state index in [0.717, 1.165) is 10.4 Å². The van der Waals surface area contributed by atoms with Gasteiger partial charge in [0.2, 0.25) is 6.21 Å². The van der Waals surface area contributed by atoms with Gasteiger partial charge >= 0.3 is 0 Å². The van der Waals surface area contributed by atoms with E-state index in [-0.39, 0.29) is 0 Å². The highest BCUT2D eigenvalue weighted by Crippen LogP contribution is 2.23. The van der Waals surface area contributed by atoms with Crippen LogP contribution in [0.3, 0.4) is 0 Å². The highest BCUT2D eigenvalue weighted by molar-refractivity contribution is 8.01. The number of thioether (sulfide) groups is 1. The third kappa shape index (κ3) is 5.22. The van der Waals surface area contributed by atoms with Crippen molar-refractivity contribution in [2.45, 2.75) is 10.8 Å². The number of hydroxylamine groups is 1. The van der Waals surface area contributed by atoms with Gasteiger partial charge in [0.05, 0.1) is 0 Å². The van der Waals surface area contributed by atoms with E-state index in [1.165, 1.54) is 36.4 Å². The van der Waals surface area contributed by atoms with Crippen molar-refractivity contribution in [2.75, 3.05) is 12.8 Å². The first-order chi connectivity index (χ1) is 7.58. The molecule has 0 saturated carbocycles. The van der Waals surface area contributed by atoms with E-state index in [1.807, 2.05) is 0 Å². The Morgan fingerprint density at radius 2 is 2.44 bits per heavy atom. The minimum absolute atomic E-state index is 0.313. The summed E-state index contributed by atoms with van der Waals surface area (Å²) in [6, 6.07) is 0. The second-order valence-corrected chi connectivity index (χ2v) is 5.04. The van der Waals surface area contributed by atoms with Crippen molar-refractivity contribution in [1.82, 2.24) is 4.98 Å². The van der Waals surface area contributed by atoms with Crippen LogP contribution in [0.5, 0.6) is 0 Å². The average molecular weight is 264 g/mol. The van der Waals surface area contributed by atoms with Crippen LogP contribution in [0.1, 0.15) is 12.1 Å². The lowest BCUT2D eigenvalue weighted by atomic mass is 10.5. The number of rotatable bonds is 5. The van der Waals surface area contributed by atoms with Crippen molar-refractivity contribution in [3.05, 3.63) is 28.4 Å². The lowest BCUT2D eigenvalue weighted by molar-refractivity contribution is -0.416. The van der Waals surface area contributed by atoms with E-state index in [9.17, 15) is 14.0 Å². The van der Waals surface area contributed by atoms with Gasteiger partial charge in [-0.3, -0.25) is 0 Å². The Bertz CT molecular complexity index is 396. The molecular weight excluding hydrogens is 254 g/mol. The van der Waals surface area contributed by atoms with Gasteiger partial charge in [-0.05, 0) is 12.5 Å². The molecule has 3 nitrogen and oxygen atoms in total. The van der Waals surface area contributed by atoms with Gasteiger partial charge in [0.15, 0.2) is 4.34 Å². The van der Waals surface area contributed by atoms with Crippen molar-refractivity contribution in [1.29, 1.82) is 0 Å². The number of allylic oxidation sites excluding steroid dienone is 1. The molecule has 0 saturated heterocycles. The first-order valence-corrected chi connectivity index (χ1v) is 6.29. The van der Waals surface area contributed by atoms with Gasteiger partial charge in [0.25, 0.3) is 6.08 Å². The molecule has 1 heterocycles. The normalized spacial score (nSPS) is 11.6. The molecule has 0 aromatic carbocycles. The smallest absolute Gasteiger partial charge is 0.266 e. The molecule has 0 bridgehead atoms. The molecule has 1 aromatic rings. The molecule has 0 radical (unpaired) electrons. The van der Waals surface area contributed by atoms with Crippen molar-refractivity contribution in [3.63, 3.8) is 0 Å². The Labute approximate surface area is 100 Å². The molecular formula is C9H10F2N2OS2. The van der Waals surface area contributed by atoms with Crippen molar-refractivity contribution in [3.8, 4) is 0 Å². The zero-order chi connectivity index (χ0) is 12.0. The number of hydrogen-bond donors (Lipinski definition) is 0. The Hall–Kier alpha value is -0.950. The Morgan fingerprint density at radius 1 is 1.69 bits per heavy atom. The maximum Gasteiger partial charge on any atom is 0.266 e. The summed E-state index contributed by atoms with van der Waals surface area (Å²) < 4.78 is 24.9. The van der Waals surface area contributed by atoms with Crippen LogP contribution in [0.25, 0.3) is 0 Å². The van der Waals surface area contributed by atoms with E-state index >= 15 is 0 Å². The number of thiazole rings is 1. The number of aromatic nitrogens is 1. The fourth-order valence-electron chi connectivity index (χ4n) is 0.895. The second-order valence-electron chi connectivity index (χ2n) is 2.84. The largest absolute Gasteiger partial charge is 0.624 e. The predicted molar refractivity (Wildman–Crippen MR) is 62.5 cm³/mol. The molecule has 0 amide bonds. The first-order valence-electron chi connectivity index (χ1n) is 4.42. The van der Waals surface area contributed by atoms with Crippen LogP contribution in [0, 0.1) is 5.21 Å². The fraction of sp³-hybridized carbons (Fsp3) is 0.333. The van der Waals surface area contributed by atoms with Crippen LogP contribution in [0.2, 0.25) is 0 Å². The minimum atomic E-state index is -1.65. The highest BCUT2D eigenvalue weighted by atomic mass is 32.2. The molecule has 0 N–H and O–H groups in total. The third-order valence-corrected chi connectivity index (χ3v) is 3.53. The number of hydrogen-bond acceptors (Lipinski definition) is 4. The van der Waals surface area contributed by atoms with Gasteiger partial charge in [0, 0.05) is 11.1 Å². The van der Waals surface area contributed by atoms with E-state index in [4.69, 9.17) is 0 Å². The third-order valence-electron chi connectivity index (χ3n) is 1.46. The summed E-state index contributed by atoms with van der Waals surface area (Å²) in [5.74, 6) is 0.553. The molecule has 0 atom stereocenters. The summed E-state index contributed by atoms with van der Waals surface area (Å²) in [5, 5.41) is 12.4. The van der Waals surface area contributed by atoms with Crippen molar-refractivity contribution in [2.24, 2.45) is 0 Å². The van der Waals surface area contributed by atoms with Gasteiger partial charge < -0.3 is 5.21 Å². The maximum atomic E-state index is 11.7. The van der Waals surface area contributed by atoms with Crippen LogP contribution >= 0.6 is 23.1 Å². The monoisotopic (exact) mass is 264 g/mol. The zero-order valence-electron chi connectivity index (χ0n) is 8.52. The minimum Gasteiger partial charge on any atom is -0.624 e. The molecule has 1 rings (SSSR count). The molecule has 0 aliphatic heterocycles. The second kappa shape index (κ2) is 6.59. The molecule has 88 valence electrons. The number of nitrogens with zero attached hydrogens (tertiary/aromatic N) is 2. The fourth-order valence-corrected chi connectivity index (χ4v) is 2.64. The molecule has 1 aromatic heterocycles. The topological polar surface area (TPSA) is 39.0 Å². The van der Waals surface area contributed by atoms with Gasteiger partial charge in [0.1, 0.15) is 12.7 Å². The molecule has 0 fully saturated rings. The highest BCUT2D eigenvalue weighted by Gasteiger charge is 2.02. The van der Waals surface area contributed by atoms with E-state index in [1.54, 1.807) is 5.38 Å². The van der Waals surface area contributed by atoms with Gasteiger partial charge in [-0.25, -0.2) is 9.72 Å². The van der Waals surface area contributed by atoms with E-state index in [2.05, 4.69) is 4.98 Å². The number of halogens is 2. The molecule has 0 spiro atoms. The van der Waals surface area contributed by atoms with Crippen LogP contribution < -0.4 is 0 Å². The van der Waals surface area contributed by atoms with E-state index < -0.39 is 6.08 Å². The molecule has 0 unspecified atom stereocenters. The van der Waals surface area contributed by atoms with Crippen LogP contribution in [-0.2, 0) is 0 Å². The Kier molecular flexibility index (Phi) is 5.41. The zero-order valence-corrected chi connectivity index (χ0v) is 10.2. The van der Waals surface area contributed by atoms with Crippen LogP contribution in [-0.4, -0.2) is 28.7 Å². The summed E-state index contributed by atoms with van der Waals surface area (Å²) >= 11 is 2.80. The van der Waals surface area contributed by atoms with Crippen molar-refractivity contribution < 1.29 is 13.5 Å². The summed E-state index contributed by atoms with van der Waals surface area (Å²) in [5.41, 5.74) is 0.595. The lowest BCUT2D eigenvalue weighted by Crippen LogP contribution is -1.97. The van der Waals surface area contributed by atoms with Crippen molar-refractivity contribution >= 4 is 29.3 Å². The summed E-state index contributed by atoms with van der Waals surface area (Å²) in [7, 11) is 1.38. The summed E-state index contributed by atoms with van der Waals surface area (Å²) in [6.45, 7) is 0. The van der Waals surface area contributed by atoms with Crippen LogP contribution in [0.15, 0.2) is 21.9 Å². The molecule has 0 aliphatic rings. The van der Waals surface area contributed by atoms with Crippen LogP contribution in [0.4, 0.5) is 8.78 Å². The summed E-state index contributed by atoms with van der Waals surface area (Å²) in [6.07, 6.45) is 0.912. The first kappa shape index (κ1) is 13.1. The van der Waals surface area contributed by atoms with Gasteiger partial charge in [-0.2, -0.15) is 8.78 Å². The molecule has 16 heavy (non-hydrogen) atoms. The van der Waals surface area contributed by atoms with Gasteiger partial charge in [-0.1, -0.05) is 11.8 Å². The molecule has 0 aliphatic carbocycles. The SMILES string of the molecule is C/[N+]([O-])=C/c1csc(SCCC=C(F)F)n1.